The second-order valence-electron chi connectivity index (χ2n) is 6.25. The smallest absolute Gasteiger partial charge is 0.258 e. The summed E-state index contributed by atoms with van der Waals surface area (Å²) in [5, 5.41) is 13.5. The van der Waals surface area contributed by atoms with Gasteiger partial charge >= 0.3 is 0 Å². The number of aryl methyl sites for hydroxylation is 2. The molecule has 25 heavy (non-hydrogen) atoms. The van der Waals surface area contributed by atoms with Gasteiger partial charge in [-0.3, -0.25) is 14.4 Å². The Morgan fingerprint density at radius 3 is 2.40 bits per heavy atom. The highest BCUT2D eigenvalue weighted by atomic mass is 35.5. The van der Waals surface area contributed by atoms with Gasteiger partial charge in [0.1, 0.15) is 5.15 Å². The van der Waals surface area contributed by atoms with Crippen molar-refractivity contribution < 1.29 is 4.79 Å². The maximum Gasteiger partial charge on any atom is 0.258 e. The lowest BCUT2D eigenvalue weighted by molar-refractivity contribution is 0.0628. The van der Waals surface area contributed by atoms with Gasteiger partial charge in [-0.25, -0.2) is 0 Å². The fourth-order valence-electron chi connectivity index (χ4n) is 3.08. The average Bonchev–Trinajstić information content (AvgIpc) is 2.88. The highest BCUT2D eigenvalue weighted by molar-refractivity contribution is 6.33. The number of carbonyl (C=O) groups excluding carboxylic acids is 1. The Balaban J connectivity index is 1.59. The summed E-state index contributed by atoms with van der Waals surface area (Å²) in [6.07, 6.45) is 0. The Bertz CT molecular complexity index is 813. The van der Waals surface area contributed by atoms with Crippen LogP contribution in [0.25, 0.3) is 0 Å². The van der Waals surface area contributed by atoms with E-state index in [0.29, 0.717) is 35.1 Å². The molecule has 0 spiro atoms. The number of rotatable bonds is 3. The molecule has 7 heteroatoms. The highest BCUT2D eigenvalue weighted by Gasteiger charge is 2.27. The van der Waals surface area contributed by atoms with Crippen molar-refractivity contribution in [3.63, 3.8) is 0 Å². The summed E-state index contributed by atoms with van der Waals surface area (Å²) in [7, 11) is 1.74. The summed E-state index contributed by atoms with van der Waals surface area (Å²) >= 11 is 6.21. The topological polar surface area (TPSA) is 65.2 Å². The standard InChI is InChI=1S/C18H20ClN5O/c1-13-16(17(19)22(2)21-13)18(25)24-9-7-23(8-10-24)12-15-5-3-14(11-20)4-6-15/h3-6H,7-10,12H2,1-2H3. The Labute approximate surface area is 152 Å². The molecule has 1 aliphatic heterocycles. The lowest BCUT2D eigenvalue weighted by Crippen LogP contribution is -2.48. The first kappa shape index (κ1) is 17.5. The number of piperazine rings is 1. The molecule has 1 saturated heterocycles. The minimum Gasteiger partial charge on any atom is -0.336 e. The van der Waals surface area contributed by atoms with Crippen molar-refractivity contribution in [2.24, 2.45) is 7.05 Å². The molecule has 1 aromatic carbocycles. The van der Waals surface area contributed by atoms with Crippen molar-refractivity contribution in [3.8, 4) is 6.07 Å². The molecule has 1 fully saturated rings. The molecule has 0 bridgehead atoms. The quantitative estimate of drug-likeness (QED) is 0.844. The third-order valence-electron chi connectivity index (χ3n) is 4.51. The largest absolute Gasteiger partial charge is 0.336 e. The molecule has 0 atom stereocenters. The fraction of sp³-hybridized carbons (Fsp3) is 0.389. The van der Waals surface area contributed by atoms with E-state index in [4.69, 9.17) is 16.9 Å². The third-order valence-corrected chi connectivity index (χ3v) is 4.95. The molecule has 0 radical (unpaired) electrons. The van der Waals surface area contributed by atoms with Crippen LogP contribution in [0.15, 0.2) is 24.3 Å². The molecule has 6 nitrogen and oxygen atoms in total. The number of nitriles is 1. The number of nitrogens with zero attached hydrogens (tertiary/aromatic N) is 5. The maximum absolute atomic E-state index is 12.7. The number of halogens is 1. The zero-order chi connectivity index (χ0) is 18.0. The summed E-state index contributed by atoms with van der Waals surface area (Å²) < 4.78 is 1.53. The second-order valence-corrected chi connectivity index (χ2v) is 6.61. The lowest BCUT2D eigenvalue weighted by Gasteiger charge is -2.34. The number of benzene rings is 1. The van der Waals surface area contributed by atoms with E-state index in [1.807, 2.05) is 29.2 Å². The predicted octanol–water partition coefficient (Wildman–Crippen LogP) is 2.21. The van der Waals surface area contributed by atoms with E-state index in [2.05, 4.69) is 16.1 Å². The molecule has 1 aromatic heterocycles. The molecule has 0 saturated carbocycles. The molecule has 130 valence electrons. The number of carbonyl (C=O) groups is 1. The monoisotopic (exact) mass is 357 g/mol. The van der Waals surface area contributed by atoms with Crippen molar-refractivity contribution in [3.05, 3.63) is 51.8 Å². The van der Waals surface area contributed by atoms with E-state index in [1.165, 1.54) is 10.2 Å². The van der Waals surface area contributed by atoms with Crippen LogP contribution >= 0.6 is 11.6 Å². The molecule has 2 aromatic rings. The fourth-order valence-corrected chi connectivity index (χ4v) is 3.34. The van der Waals surface area contributed by atoms with Gasteiger partial charge in [-0.2, -0.15) is 10.4 Å². The zero-order valence-corrected chi connectivity index (χ0v) is 15.1. The summed E-state index contributed by atoms with van der Waals surface area (Å²) in [4.78, 5) is 16.9. The van der Waals surface area contributed by atoms with Gasteiger partial charge in [0.25, 0.3) is 5.91 Å². The SMILES string of the molecule is Cc1nn(C)c(Cl)c1C(=O)N1CCN(Cc2ccc(C#N)cc2)CC1. The summed E-state index contributed by atoms with van der Waals surface area (Å²) in [5.41, 5.74) is 3.01. The first-order valence-electron chi connectivity index (χ1n) is 8.19. The van der Waals surface area contributed by atoms with Crippen molar-refractivity contribution in [1.82, 2.24) is 19.6 Å². The lowest BCUT2D eigenvalue weighted by atomic mass is 10.1. The molecule has 1 amide bonds. The van der Waals surface area contributed by atoms with Crippen LogP contribution in [0.3, 0.4) is 0 Å². The minimum atomic E-state index is -0.0476. The minimum absolute atomic E-state index is 0.0476. The molecule has 0 unspecified atom stereocenters. The molecule has 0 aliphatic carbocycles. The average molecular weight is 358 g/mol. The van der Waals surface area contributed by atoms with Crippen molar-refractivity contribution in [1.29, 1.82) is 5.26 Å². The van der Waals surface area contributed by atoms with Crippen LogP contribution in [0.5, 0.6) is 0 Å². The molecule has 0 N–H and O–H groups in total. The zero-order valence-electron chi connectivity index (χ0n) is 14.4. The normalized spacial score (nSPS) is 15.2. The van der Waals surface area contributed by atoms with Crippen LogP contribution in [0.2, 0.25) is 5.15 Å². The van der Waals surface area contributed by atoms with Crippen molar-refractivity contribution >= 4 is 17.5 Å². The Hall–Kier alpha value is -2.36. The van der Waals surface area contributed by atoms with Crippen LogP contribution < -0.4 is 0 Å². The third kappa shape index (κ3) is 3.68. The summed E-state index contributed by atoms with van der Waals surface area (Å²) in [6, 6.07) is 9.76. The molecular weight excluding hydrogens is 338 g/mol. The van der Waals surface area contributed by atoms with Crippen LogP contribution in [0.4, 0.5) is 0 Å². The summed E-state index contributed by atoms with van der Waals surface area (Å²) in [6.45, 7) is 5.57. The molecule has 2 heterocycles. The number of hydrogen-bond donors (Lipinski definition) is 0. The van der Waals surface area contributed by atoms with E-state index in [9.17, 15) is 4.79 Å². The van der Waals surface area contributed by atoms with E-state index in [0.717, 1.165) is 19.6 Å². The molecule has 3 rings (SSSR count). The number of hydrogen-bond acceptors (Lipinski definition) is 4. The molecular formula is C18H20ClN5O. The Kier molecular flexibility index (Phi) is 5.07. The highest BCUT2D eigenvalue weighted by Crippen LogP contribution is 2.21. The van der Waals surface area contributed by atoms with Gasteiger partial charge in [0.05, 0.1) is 22.9 Å². The first-order chi connectivity index (χ1) is 12.0. The van der Waals surface area contributed by atoms with Crippen LogP contribution in [-0.4, -0.2) is 51.7 Å². The van der Waals surface area contributed by atoms with Crippen LogP contribution in [-0.2, 0) is 13.6 Å². The first-order valence-corrected chi connectivity index (χ1v) is 8.57. The van der Waals surface area contributed by atoms with E-state index in [-0.39, 0.29) is 5.91 Å². The van der Waals surface area contributed by atoms with Gasteiger partial charge in [0.15, 0.2) is 0 Å². The molecule has 1 aliphatic rings. The van der Waals surface area contributed by atoms with Gasteiger partial charge in [0, 0.05) is 39.8 Å². The van der Waals surface area contributed by atoms with Gasteiger partial charge in [0.2, 0.25) is 0 Å². The van der Waals surface area contributed by atoms with Gasteiger partial charge in [-0.15, -0.1) is 0 Å². The van der Waals surface area contributed by atoms with Crippen LogP contribution in [0.1, 0.15) is 27.2 Å². The maximum atomic E-state index is 12.7. The van der Waals surface area contributed by atoms with Crippen molar-refractivity contribution in [2.75, 3.05) is 26.2 Å². The van der Waals surface area contributed by atoms with Crippen molar-refractivity contribution in [2.45, 2.75) is 13.5 Å². The Morgan fingerprint density at radius 1 is 1.24 bits per heavy atom. The predicted molar refractivity (Wildman–Crippen MR) is 95.3 cm³/mol. The number of aromatic nitrogens is 2. The summed E-state index contributed by atoms with van der Waals surface area (Å²) in [5.74, 6) is -0.0476. The van der Waals surface area contributed by atoms with E-state index < -0.39 is 0 Å². The number of amides is 1. The van der Waals surface area contributed by atoms with E-state index >= 15 is 0 Å². The second kappa shape index (κ2) is 7.26. The Morgan fingerprint density at radius 2 is 1.88 bits per heavy atom. The van der Waals surface area contributed by atoms with Crippen LogP contribution in [0, 0.1) is 18.3 Å². The van der Waals surface area contributed by atoms with Gasteiger partial charge < -0.3 is 4.90 Å². The van der Waals surface area contributed by atoms with E-state index in [1.54, 1.807) is 14.0 Å². The van der Waals surface area contributed by atoms with Gasteiger partial charge in [-0.05, 0) is 24.6 Å². The van der Waals surface area contributed by atoms with Gasteiger partial charge in [-0.1, -0.05) is 23.7 Å².